The molecule has 0 fully saturated rings. The first-order valence-electron chi connectivity index (χ1n) is 7.82. The standard InChI is InChI=1S/C13H26N2O7P2/c1-6-18-23(16,19-7-2)13(14-12-10-11(5)22-15-12)24(17,20-8-3)21-9-4/h10,13H,6-9H2,1-5H3,(H,14,15). The lowest BCUT2D eigenvalue weighted by atomic mass is 10.5. The van der Waals surface area contributed by atoms with Crippen LogP contribution >= 0.6 is 15.2 Å². The predicted octanol–water partition coefficient (Wildman–Crippen LogP) is 4.21. The summed E-state index contributed by atoms with van der Waals surface area (Å²) in [7, 11) is -7.75. The maximum absolute atomic E-state index is 13.2. The van der Waals surface area contributed by atoms with Crippen LogP contribution in [0.3, 0.4) is 0 Å². The molecule has 11 heteroatoms. The highest BCUT2D eigenvalue weighted by Gasteiger charge is 2.51. The van der Waals surface area contributed by atoms with E-state index in [0.717, 1.165) is 0 Å². The first-order chi connectivity index (χ1) is 11.3. The van der Waals surface area contributed by atoms with Crippen LogP contribution in [0.2, 0.25) is 0 Å². The molecular formula is C13H26N2O7P2. The molecule has 0 unspecified atom stereocenters. The first kappa shape index (κ1) is 21.4. The van der Waals surface area contributed by atoms with Crippen LogP contribution in [0.1, 0.15) is 33.5 Å². The second-order valence-electron chi connectivity index (χ2n) is 4.59. The van der Waals surface area contributed by atoms with Crippen molar-refractivity contribution in [2.75, 3.05) is 31.7 Å². The van der Waals surface area contributed by atoms with Crippen molar-refractivity contribution in [3.8, 4) is 0 Å². The van der Waals surface area contributed by atoms with E-state index in [1.165, 1.54) is 0 Å². The zero-order chi connectivity index (χ0) is 18.2. The Morgan fingerprint density at radius 1 is 1.00 bits per heavy atom. The highest BCUT2D eigenvalue weighted by molar-refractivity contribution is 7.72. The van der Waals surface area contributed by atoms with Crippen LogP contribution in [0.4, 0.5) is 5.82 Å². The summed E-state index contributed by atoms with van der Waals surface area (Å²) in [6, 6.07) is 1.57. The van der Waals surface area contributed by atoms with Gasteiger partial charge in [0.05, 0.1) is 26.4 Å². The van der Waals surface area contributed by atoms with Gasteiger partial charge in [-0.2, -0.15) is 0 Å². The van der Waals surface area contributed by atoms with Crippen LogP contribution < -0.4 is 5.32 Å². The Balaban J connectivity index is 3.31. The predicted molar refractivity (Wildman–Crippen MR) is 90.4 cm³/mol. The van der Waals surface area contributed by atoms with Crippen LogP contribution in [0.15, 0.2) is 10.6 Å². The van der Waals surface area contributed by atoms with Crippen molar-refractivity contribution >= 4 is 21.0 Å². The van der Waals surface area contributed by atoms with Gasteiger partial charge in [-0.05, 0) is 34.6 Å². The maximum atomic E-state index is 13.2. The topological polar surface area (TPSA) is 109 Å². The maximum Gasteiger partial charge on any atom is 0.365 e. The van der Waals surface area contributed by atoms with E-state index in [4.69, 9.17) is 22.6 Å². The average molecular weight is 384 g/mol. The van der Waals surface area contributed by atoms with Crippen molar-refractivity contribution in [2.45, 2.75) is 40.1 Å². The third-order valence-electron chi connectivity index (χ3n) is 2.74. The molecule has 0 saturated carbocycles. The summed E-state index contributed by atoms with van der Waals surface area (Å²) in [6.07, 6.45) is 0. The molecule has 0 aliphatic carbocycles. The van der Waals surface area contributed by atoms with Gasteiger partial charge in [0.2, 0.25) is 5.52 Å². The lowest BCUT2D eigenvalue weighted by Crippen LogP contribution is -2.25. The lowest BCUT2D eigenvalue weighted by molar-refractivity contribution is 0.198. The van der Waals surface area contributed by atoms with Gasteiger partial charge in [0.15, 0.2) is 5.82 Å². The number of hydrogen-bond acceptors (Lipinski definition) is 9. The molecule has 140 valence electrons. The Kier molecular flexibility index (Phi) is 8.63. The highest BCUT2D eigenvalue weighted by Crippen LogP contribution is 2.70. The molecule has 1 heterocycles. The summed E-state index contributed by atoms with van der Waals surface area (Å²) in [5.41, 5.74) is -1.37. The van der Waals surface area contributed by atoms with Gasteiger partial charge >= 0.3 is 15.2 Å². The summed E-state index contributed by atoms with van der Waals surface area (Å²) in [5, 5.41) is 6.56. The number of nitrogens with zero attached hydrogens (tertiary/aromatic N) is 1. The SMILES string of the molecule is CCOP(=O)(OCC)C(Nc1cc(C)on1)P(=O)(OCC)OCC. The summed E-state index contributed by atoms with van der Waals surface area (Å²) in [5.74, 6) is 0.762. The third-order valence-corrected chi connectivity index (χ3v) is 8.37. The Morgan fingerprint density at radius 3 is 1.71 bits per heavy atom. The van der Waals surface area contributed by atoms with Crippen LogP contribution in [0.5, 0.6) is 0 Å². The smallest absolute Gasteiger partial charge is 0.360 e. The lowest BCUT2D eigenvalue weighted by Gasteiger charge is -2.31. The number of nitrogens with one attached hydrogen (secondary N) is 1. The zero-order valence-corrected chi connectivity index (χ0v) is 16.5. The van der Waals surface area contributed by atoms with E-state index < -0.39 is 20.7 Å². The fourth-order valence-electron chi connectivity index (χ4n) is 1.97. The summed E-state index contributed by atoms with van der Waals surface area (Å²) in [6.45, 7) is 8.76. The van der Waals surface area contributed by atoms with E-state index in [0.29, 0.717) is 5.76 Å². The van der Waals surface area contributed by atoms with Crippen molar-refractivity contribution in [1.82, 2.24) is 5.16 Å². The third kappa shape index (κ3) is 5.41. The average Bonchev–Trinajstić information content (AvgIpc) is 2.91. The van der Waals surface area contributed by atoms with Crippen LogP contribution in [-0.2, 0) is 27.2 Å². The van der Waals surface area contributed by atoms with Crippen molar-refractivity contribution in [1.29, 1.82) is 0 Å². The highest BCUT2D eigenvalue weighted by atomic mass is 31.2. The molecule has 0 radical (unpaired) electrons. The zero-order valence-electron chi connectivity index (χ0n) is 14.7. The van der Waals surface area contributed by atoms with Gasteiger partial charge in [-0.1, -0.05) is 5.16 Å². The van der Waals surface area contributed by atoms with Gasteiger partial charge in [0, 0.05) is 6.07 Å². The van der Waals surface area contributed by atoms with Crippen LogP contribution in [-0.4, -0.2) is 37.1 Å². The molecule has 0 bridgehead atoms. The number of aryl methyl sites for hydroxylation is 1. The number of hydrogen-bond donors (Lipinski definition) is 1. The van der Waals surface area contributed by atoms with Crippen LogP contribution in [0, 0.1) is 6.92 Å². The minimum atomic E-state index is -3.87. The van der Waals surface area contributed by atoms with E-state index in [9.17, 15) is 9.13 Å². The Morgan fingerprint density at radius 2 is 1.42 bits per heavy atom. The second kappa shape index (κ2) is 9.70. The largest absolute Gasteiger partial charge is 0.365 e. The Bertz CT molecular complexity index is 543. The molecule has 0 atom stereocenters. The summed E-state index contributed by atoms with van der Waals surface area (Å²) >= 11 is 0. The molecule has 0 spiro atoms. The van der Waals surface area contributed by atoms with E-state index in [2.05, 4.69) is 10.5 Å². The molecule has 1 N–H and O–H groups in total. The summed E-state index contributed by atoms with van der Waals surface area (Å²) in [4.78, 5) is 0. The minimum Gasteiger partial charge on any atom is -0.360 e. The fourth-order valence-corrected chi connectivity index (χ4v) is 6.89. The molecule has 0 aromatic carbocycles. The van der Waals surface area contributed by atoms with Gasteiger partial charge < -0.3 is 27.9 Å². The van der Waals surface area contributed by atoms with Crippen molar-refractivity contribution in [3.05, 3.63) is 11.8 Å². The Labute approximate surface area is 142 Å². The van der Waals surface area contributed by atoms with Crippen LogP contribution in [0.25, 0.3) is 0 Å². The van der Waals surface area contributed by atoms with Crippen molar-refractivity contribution in [2.24, 2.45) is 0 Å². The quantitative estimate of drug-likeness (QED) is 0.530. The molecule has 0 aliphatic heterocycles. The second-order valence-corrected chi connectivity index (χ2v) is 9.22. The molecule has 24 heavy (non-hydrogen) atoms. The first-order valence-corrected chi connectivity index (χ1v) is 11.0. The van der Waals surface area contributed by atoms with Gasteiger partial charge in [-0.3, -0.25) is 9.13 Å². The molecule has 1 aromatic heterocycles. The normalized spacial score (nSPS) is 12.8. The molecule has 0 amide bonds. The van der Waals surface area contributed by atoms with Gasteiger partial charge in [-0.15, -0.1) is 0 Å². The molecule has 1 aromatic rings. The number of aromatic nitrogens is 1. The van der Waals surface area contributed by atoms with E-state index >= 15 is 0 Å². The van der Waals surface area contributed by atoms with E-state index in [1.54, 1.807) is 40.7 Å². The van der Waals surface area contributed by atoms with Crippen molar-refractivity contribution < 1.29 is 31.7 Å². The molecule has 0 saturated heterocycles. The number of anilines is 1. The van der Waals surface area contributed by atoms with Gasteiger partial charge in [-0.25, -0.2) is 0 Å². The molecule has 1 rings (SSSR count). The summed E-state index contributed by atoms with van der Waals surface area (Å²) < 4.78 is 52.7. The van der Waals surface area contributed by atoms with Gasteiger partial charge in [0.25, 0.3) is 0 Å². The monoisotopic (exact) mass is 384 g/mol. The fraction of sp³-hybridized carbons (Fsp3) is 0.769. The molecule has 0 aliphatic rings. The molecular weight excluding hydrogens is 358 g/mol. The van der Waals surface area contributed by atoms with E-state index in [1.807, 2.05) is 0 Å². The van der Waals surface area contributed by atoms with Crippen molar-refractivity contribution in [3.63, 3.8) is 0 Å². The minimum absolute atomic E-state index is 0.103. The van der Waals surface area contributed by atoms with E-state index in [-0.39, 0.29) is 32.2 Å². The number of rotatable bonds is 12. The molecule has 9 nitrogen and oxygen atoms in total. The van der Waals surface area contributed by atoms with Gasteiger partial charge in [0.1, 0.15) is 5.76 Å². The Hall–Kier alpha value is -0.690.